The number of carbonyl (C=O) groups is 2. The minimum absolute atomic E-state index is 0.0223. The van der Waals surface area contributed by atoms with Crippen molar-refractivity contribution in [1.29, 1.82) is 0 Å². The van der Waals surface area contributed by atoms with Crippen LogP contribution in [-0.2, 0) is 20.7 Å². The van der Waals surface area contributed by atoms with Crippen LogP contribution >= 0.6 is 0 Å². The number of ether oxygens (including phenoxy) is 1. The molecule has 2 heterocycles. The summed E-state index contributed by atoms with van der Waals surface area (Å²) in [5.74, 6) is -2.57. The van der Waals surface area contributed by atoms with Gasteiger partial charge >= 0.3 is 12.1 Å². The highest BCUT2D eigenvalue weighted by molar-refractivity contribution is 5.80. The van der Waals surface area contributed by atoms with Gasteiger partial charge in [-0.2, -0.15) is 13.2 Å². The Balaban J connectivity index is 0.000000370. The van der Waals surface area contributed by atoms with Gasteiger partial charge in [0.25, 0.3) is 0 Å². The van der Waals surface area contributed by atoms with Gasteiger partial charge < -0.3 is 15.2 Å². The first kappa shape index (κ1) is 23.2. The molecule has 0 aromatic heterocycles. The maximum atomic E-state index is 12.3. The predicted molar refractivity (Wildman–Crippen MR) is 100 cm³/mol. The first-order valence-electron chi connectivity index (χ1n) is 9.58. The standard InChI is InChI=1S/C18H26N2O2.C2HF3O2/c1-13(2)19-18(21)16-10-15-11-20(12-17(16)22-15)9-8-14-6-4-3-5-7-14;3-2(4,5)1(6)7/h3-7,13,15-17H,8-12H2,1-2H3,(H,19,21);(H,6,7). The molecular formula is C20H27F3N2O4. The van der Waals surface area contributed by atoms with Crippen molar-refractivity contribution in [3.8, 4) is 0 Å². The highest BCUT2D eigenvalue weighted by Crippen LogP contribution is 2.32. The number of hydrogen-bond acceptors (Lipinski definition) is 4. The van der Waals surface area contributed by atoms with E-state index in [-0.39, 0.29) is 30.1 Å². The second kappa shape index (κ2) is 10.1. The second-order valence-electron chi connectivity index (χ2n) is 7.60. The zero-order valence-corrected chi connectivity index (χ0v) is 16.5. The van der Waals surface area contributed by atoms with E-state index in [2.05, 4.69) is 40.5 Å². The van der Waals surface area contributed by atoms with Gasteiger partial charge in [0.2, 0.25) is 5.91 Å². The molecule has 2 bridgehead atoms. The number of rotatable bonds is 5. The van der Waals surface area contributed by atoms with E-state index in [1.54, 1.807) is 0 Å². The van der Waals surface area contributed by atoms with Crippen molar-refractivity contribution >= 4 is 11.9 Å². The Labute approximate surface area is 168 Å². The fourth-order valence-electron chi connectivity index (χ4n) is 3.52. The average molecular weight is 416 g/mol. The fraction of sp³-hybridized carbons (Fsp3) is 0.600. The van der Waals surface area contributed by atoms with Crippen molar-refractivity contribution in [2.24, 2.45) is 5.92 Å². The van der Waals surface area contributed by atoms with Crippen molar-refractivity contribution in [3.63, 3.8) is 0 Å². The van der Waals surface area contributed by atoms with Crippen LogP contribution in [0.15, 0.2) is 30.3 Å². The molecule has 29 heavy (non-hydrogen) atoms. The Morgan fingerprint density at radius 2 is 1.86 bits per heavy atom. The van der Waals surface area contributed by atoms with Crippen LogP contribution in [0.1, 0.15) is 25.8 Å². The van der Waals surface area contributed by atoms with E-state index in [9.17, 15) is 18.0 Å². The van der Waals surface area contributed by atoms with Crippen LogP contribution < -0.4 is 5.32 Å². The molecule has 162 valence electrons. The summed E-state index contributed by atoms with van der Waals surface area (Å²) < 4.78 is 37.7. The molecule has 0 aliphatic carbocycles. The van der Waals surface area contributed by atoms with Gasteiger partial charge in [-0.1, -0.05) is 30.3 Å². The molecule has 3 unspecified atom stereocenters. The van der Waals surface area contributed by atoms with E-state index < -0.39 is 12.1 Å². The molecule has 0 spiro atoms. The van der Waals surface area contributed by atoms with Gasteiger partial charge in [0.05, 0.1) is 18.1 Å². The summed E-state index contributed by atoms with van der Waals surface area (Å²) in [7, 11) is 0. The lowest BCUT2D eigenvalue weighted by Gasteiger charge is -2.32. The molecule has 1 amide bonds. The zero-order chi connectivity index (χ0) is 21.6. The molecule has 2 aliphatic rings. The summed E-state index contributed by atoms with van der Waals surface area (Å²) in [5, 5.41) is 10.2. The Morgan fingerprint density at radius 1 is 1.24 bits per heavy atom. The Bertz CT molecular complexity index is 682. The van der Waals surface area contributed by atoms with Crippen LogP contribution in [0.3, 0.4) is 0 Å². The Hall–Kier alpha value is -2.13. The van der Waals surface area contributed by atoms with Gasteiger partial charge in [-0.3, -0.25) is 9.69 Å². The number of likely N-dealkylation sites (tertiary alicyclic amines) is 1. The number of carboxylic acid groups (broad SMARTS) is 1. The molecule has 2 saturated heterocycles. The maximum absolute atomic E-state index is 12.3. The third kappa shape index (κ3) is 7.32. The zero-order valence-electron chi connectivity index (χ0n) is 16.5. The van der Waals surface area contributed by atoms with Crippen molar-refractivity contribution in [3.05, 3.63) is 35.9 Å². The lowest BCUT2D eigenvalue weighted by atomic mass is 9.99. The van der Waals surface area contributed by atoms with Gasteiger partial charge in [-0.25, -0.2) is 4.79 Å². The molecule has 1 aromatic carbocycles. The van der Waals surface area contributed by atoms with Crippen LogP contribution in [0.2, 0.25) is 0 Å². The van der Waals surface area contributed by atoms with Crippen LogP contribution in [0.5, 0.6) is 0 Å². The van der Waals surface area contributed by atoms with Gasteiger partial charge in [0.15, 0.2) is 0 Å². The summed E-state index contributed by atoms with van der Waals surface area (Å²) in [6, 6.07) is 10.8. The number of fused-ring (bicyclic) bond motifs is 2. The predicted octanol–water partition coefficient (Wildman–Crippen LogP) is 2.48. The quantitative estimate of drug-likeness (QED) is 0.771. The van der Waals surface area contributed by atoms with E-state index in [4.69, 9.17) is 14.6 Å². The average Bonchev–Trinajstić information content (AvgIpc) is 2.94. The van der Waals surface area contributed by atoms with E-state index in [1.807, 2.05) is 13.8 Å². The van der Waals surface area contributed by atoms with E-state index >= 15 is 0 Å². The molecule has 6 nitrogen and oxygen atoms in total. The van der Waals surface area contributed by atoms with Crippen LogP contribution in [-0.4, -0.2) is 65.9 Å². The third-order valence-electron chi connectivity index (χ3n) is 4.80. The summed E-state index contributed by atoms with van der Waals surface area (Å²) in [5.41, 5.74) is 1.37. The molecule has 2 N–H and O–H groups in total. The summed E-state index contributed by atoms with van der Waals surface area (Å²) in [6.07, 6.45) is -2.88. The number of amides is 1. The Kier molecular flexibility index (Phi) is 8.04. The molecule has 3 atom stereocenters. The van der Waals surface area contributed by atoms with Gasteiger partial charge in [0.1, 0.15) is 0 Å². The minimum Gasteiger partial charge on any atom is -0.475 e. The SMILES string of the molecule is CC(C)NC(=O)C1CC2CN(CCc3ccccc3)CC1O2.O=C(O)C(F)(F)F. The number of carboxylic acids is 1. The molecule has 3 rings (SSSR count). The fourth-order valence-corrected chi connectivity index (χ4v) is 3.52. The van der Waals surface area contributed by atoms with Crippen molar-refractivity contribution in [1.82, 2.24) is 10.2 Å². The maximum Gasteiger partial charge on any atom is 0.490 e. The molecule has 0 radical (unpaired) electrons. The van der Waals surface area contributed by atoms with E-state index in [0.29, 0.717) is 0 Å². The van der Waals surface area contributed by atoms with Crippen LogP contribution in [0, 0.1) is 5.92 Å². The number of alkyl halides is 3. The number of morpholine rings is 1. The number of nitrogens with one attached hydrogen (secondary N) is 1. The molecule has 9 heteroatoms. The molecule has 1 aromatic rings. The van der Waals surface area contributed by atoms with Crippen LogP contribution in [0.4, 0.5) is 13.2 Å². The van der Waals surface area contributed by atoms with Gasteiger partial charge in [0, 0.05) is 25.7 Å². The summed E-state index contributed by atoms with van der Waals surface area (Å²) in [6.45, 7) is 6.88. The van der Waals surface area contributed by atoms with Crippen molar-refractivity contribution in [2.45, 2.75) is 51.1 Å². The smallest absolute Gasteiger partial charge is 0.475 e. The summed E-state index contributed by atoms with van der Waals surface area (Å²) in [4.78, 5) is 23.6. The number of nitrogens with zero attached hydrogens (tertiary/aromatic N) is 1. The lowest BCUT2D eigenvalue weighted by Crippen LogP contribution is -2.46. The van der Waals surface area contributed by atoms with E-state index in [1.165, 1.54) is 5.56 Å². The topological polar surface area (TPSA) is 78.9 Å². The first-order valence-corrected chi connectivity index (χ1v) is 9.58. The second-order valence-corrected chi connectivity index (χ2v) is 7.60. The normalized spacial score (nSPS) is 24.0. The molecule has 2 aliphatic heterocycles. The van der Waals surface area contributed by atoms with E-state index in [0.717, 1.165) is 32.5 Å². The number of halogens is 3. The largest absolute Gasteiger partial charge is 0.490 e. The Morgan fingerprint density at radius 3 is 2.41 bits per heavy atom. The molecule has 0 saturated carbocycles. The van der Waals surface area contributed by atoms with Gasteiger partial charge in [-0.05, 0) is 32.3 Å². The molecule has 2 fully saturated rings. The number of aliphatic carboxylic acids is 1. The third-order valence-corrected chi connectivity index (χ3v) is 4.80. The highest BCUT2D eigenvalue weighted by Gasteiger charge is 2.44. The van der Waals surface area contributed by atoms with Gasteiger partial charge in [-0.15, -0.1) is 0 Å². The molecular weight excluding hydrogens is 389 g/mol. The monoisotopic (exact) mass is 416 g/mol. The number of hydrogen-bond donors (Lipinski definition) is 2. The van der Waals surface area contributed by atoms with Crippen molar-refractivity contribution < 1.29 is 32.6 Å². The van der Waals surface area contributed by atoms with Crippen molar-refractivity contribution in [2.75, 3.05) is 19.6 Å². The highest BCUT2D eigenvalue weighted by atomic mass is 19.4. The minimum atomic E-state index is -5.08. The lowest BCUT2D eigenvalue weighted by molar-refractivity contribution is -0.192. The first-order chi connectivity index (χ1) is 13.6. The van der Waals surface area contributed by atoms with Crippen LogP contribution in [0.25, 0.3) is 0 Å². The summed E-state index contributed by atoms with van der Waals surface area (Å²) >= 11 is 0. The number of carbonyl (C=O) groups excluding carboxylic acids is 1. The number of benzene rings is 1.